The van der Waals surface area contributed by atoms with Gasteiger partial charge in [0.05, 0.1) is 13.0 Å². The Bertz CT molecular complexity index is 1000. The lowest BCUT2D eigenvalue weighted by molar-refractivity contribution is -0.145. The molecule has 0 atom stereocenters. The number of rotatable bonds is 6. The normalized spacial score (nSPS) is 11.6. The number of hydrogen-bond donors (Lipinski definition) is 0. The van der Waals surface area contributed by atoms with E-state index in [0.717, 1.165) is 21.8 Å². The van der Waals surface area contributed by atoms with Crippen molar-refractivity contribution in [1.29, 1.82) is 0 Å². The molecule has 0 amide bonds. The number of benzene rings is 1. The number of hydrogen-bond acceptors (Lipinski definition) is 6. The first kappa shape index (κ1) is 20.1. The Labute approximate surface area is 163 Å². The van der Waals surface area contributed by atoms with Gasteiger partial charge in [-0.2, -0.15) is 13.2 Å². The Morgan fingerprint density at radius 2 is 2.04 bits per heavy atom. The molecule has 5 nitrogen and oxygen atoms in total. The van der Waals surface area contributed by atoms with Gasteiger partial charge < -0.3 is 9.47 Å². The third-order valence-electron chi connectivity index (χ3n) is 4.00. The van der Waals surface area contributed by atoms with E-state index in [-0.39, 0.29) is 24.7 Å². The van der Waals surface area contributed by atoms with E-state index >= 15 is 0 Å². The number of thiophene rings is 1. The monoisotopic (exact) mass is 410 g/mol. The van der Waals surface area contributed by atoms with Gasteiger partial charge in [-0.15, -0.1) is 11.3 Å². The first-order chi connectivity index (χ1) is 13.3. The minimum Gasteiger partial charge on any atom is -0.489 e. The van der Waals surface area contributed by atoms with E-state index in [2.05, 4.69) is 9.97 Å². The number of aromatic nitrogens is 2. The van der Waals surface area contributed by atoms with Crippen LogP contribution in [0, 0.1) is 6.92 Å². The van der Waals surface area contributed by atoms with Crippen LogP contribution in [0.4, 0.5) is 13.2 Å². The molecule has 0 N–H and O–H groups in total. The largest absolute Gasteiger partial charge is 0.489 e. The minimum atomic E-state index is -4.57. The maximum Gasteiger partial charge on any atom is 0.451 e. The van der Waals surface area contributed by atoms with Crippen LogP contribution >= 0.6 is 11.3 Å². The van der Waals surface area contributed by atoms with E-state index < -0.39 is 12.0 Å². The number of ether oxygens (including phenoxy) is 2. The molecule has 0 saturated carbocycles. The van der Waals surface area contributed by atoms with Crippen molar-refractivity contribution in [3.63, 3.8) is 0 Å². The van der Waals surface area contributed by atoms with Crippen molar-refractivity contribution in [2.75, 3.05) is 6.61 Å². The Kier molecular flexibility index (Phi) is 5.83. The summed E-state index contributed by atoms with van der Waals surface area (Å²) < 4.78 is 49.5. The van der Waals surface area contributed by atoms with Gasteiger partial charge in [-0.3, -0.25) is 4.79 Å². The molecule has 2 heterocycles. The van der Waals surface area contributed by atoms with Gasteiger partial charge in [0, 0.05) is 22.2 Å². The number of alkyl halides is 3. The van der Waals surface area contributed by atoms with Crippen molar-refractivity contribution < 1.29 is 27.4 Å². The maximum absolute atomic E-state index is 12.6. The number of nitrogens with zero attached hydrogens (tertiary/aromatic N) is 2. The Morgan fingerprint density at radius 3 is 2.71 bits per heavy atom. The molecule has 0 unspecified atom stereocenters. The summed E-state index contributed by atoms with van der Waals surface area (Å²) >= 11 is 1.48. The molecule has 2 aromatic heterocycles. The van der Waals surface area contributed by atoms with Crippen molar-refractivity contribution in [3.05, 3.63) is 52.4 Å². The highest BCUT2D eigenvalue weighted by molar-refractivity contribution is 7.17. The molecule has 1 aromatic carbocycles. The summed E-state index contributed by atoms with van der Waals surface area (Å²) in [5, 5.41) is 2.85. The Balaban J connectivity index is 1.71. The van der Waals surface area contributed by atoms with Crippen molar-refractivity contribution in [1.82, 2.24) is 9.97 Å². The molecule has 0 fully saturated rings. The molecular weight excluding hydrogens is 393 g/mol. The second-order valence-corrected chi connectivity index (χ2v) is 6.90. The van der Waals surface area contributed by atoms with Crippen molar-refractivity contribution >= 4 is 27.4 Å². The summed E-state index contributed by atoms with van der Waals surface area (Å²) in [6, 6.07) is 5.44. The van der Waals surface area contributed by atoms with Crippen LogP contribution in [0.25, 0.3) is 10.1 Å². The van der Waals surface area contributed by atoms with Crippen molar-refractivity contribution in [3.8, 4) is 5.75 Å². The zero-order valence-electron chi connectivity index (χ0n) is 15.2. The summed E-state index contributed by atoms with van der Waals surface area (Å²) in [5.74, 6) is -0.875. The predicted molar refractivity (Wildman–Crippen MR) is 98.3 cm³/mol. The van der Waals surface area contributed by atoms with Crippen LogP contribution < -0.4 is 4.74 Å². The Morgan fingerprint density at radius 1 is 1.25 bits per heavy atom. The topological polar surface area (TPSA) is 61.3 Å². The number of halogens is 3. The van der Waals surface area contributed by atoms with E-state index in [0.29, 0.717) is 17.9 Å². The summed E-state index contributed by atoms with van der Waals surface area (Å²) in [6.07, 6.45) is -3.24. The summed E-state index contributed by atoms with van der Waals surface area (Å²) in [4.78, 5) is 18.5. The van der Waals surface area contributed by atoms with Crippen LogP contribution in [0.15, 0.2) is 29.8 Å². The molecule has 9 heteroatoms. The highest BCUT2D eigenvalue weighted by Gasteiger charge is 2.34. The second kappa shape index (κ2) is 8.14. The van der Waals surface area contributed by atoms with Crippen LogP contribution in [-0.2, 0) is 28.7 Å². The quantitative estimate of drug-likeness (QED) is 0.551. The third-order valence-corrected chi connectivity index (χ3v) is 4.99. The SMILES string of the molecule is CCOC(=O)Cc1csc2cc(OCc3cnc(C(F)(F)F)nc3C)ccc12. The number of aryl methyl sites for hydroxylation is 1. The molecule has 3 aromatic rings. The van der Waals surface area contributed by atoms with E-state index in [9.17, 15) is 18.0 Å². The lowest BCUT2D eigenvalue weighted by Crippen LogP contribution is -2.13. The van der Waals surface area contributed by atoms with E-state index in [4.69, 9.17) is 9.47 Å². The van der Waals surface area contributed by atoms with Crippen LogP contribution in [0.3, 0.4) is 0 Å². The second-order valence-electron chi connectivity index (χ2n) is 5.99. The van der Waals surface area contributed by atoms with Gasteiger partial charge in [0.2, 0.25) is 5.82 Å². The zero-order chi connectivity index (χ0) is 20.3. The first-order valence-electron chi connectivity index (χ1n) is 8.46. The van der Waals surface area contributed by atoms with E-state index in [1.165, 1.54) is 18.3 Å². The van der Waals surface area contributed by atoms with E-state index in [1.807, 2.05) is 17.5 Å². The summed E-state index contributed by atoms with van der Waals surface area (Å²) in [7, 11) is 0. The third kappa shape index (κ3) is 4.59. The fraction of sp³-hybridized carbons (Fsp3) is 0.316. The number of fused-ring (bicyclic) bond motifs is 1. The average molecular weight is 410 g/mol. The molecule has 0 aliphatic carbocycles. The van der Waals surface area contributed by atoms with Gasteiger partial charge in [0.1, 0.15) is 12.4 Å². The fourth-order valence-corrected chi connectivity index (χ4v) is 3.58. The highest BCUT2D eigenvalue weighted by Crippen LogP contribution is 2.31. The Hall–Kier alpha value is -2.68. The number of carbonyl (C=O) groups excluding carboxylic acids is 1. The lowest BCUT2D eigenvalue weighted by atomic mass is 10.1. The minimum absolute atomic E-state index is 0.0521. The van der Waals surface area contributed by atoms with E-state index in [1.54, 1.807) is 13.0 Å². The fourth-order valence-electron chi connectivity index (χ4n) is 2.59. The molecule has 3 rings (SSSR count). The van der Waals surface area contributed by atoms with Gasteiger partial charge in [-0.05, 0) is 48.4 Å². The molecular formula is C19H17F3N2O3S. The lowest BCUT2D eigenvalue weighted by Gasteiger charge is -2.10. The molecule has 28 heavy (non-hydrogen) atoms. The zero-order valence-corrected chi connectivity index (χ0v) is 16.0. The van der Waals surface area contributed by atoms with Crippen LogP contribution in [-0.4, -0.2) is 22.5 Å². The van der Waals surface area contributed by atoms with Gasteiger partial charge in [-0.25, -0.2) is 9.97 Å². The summed E-state index contributed by atoms with van der Waals surface area (Å²) in [5.41, 5.74) is 1.58. The molecule has 0 spiro atoms. The molecule has 0 aliphatic heterocycles. The van der Waals surface area contributed by atoms with Crippen LogP contribution in [0.5, 0.6) is 5.75 Å². The van der Waals surface area contributed by atoms with Gasteiger partial charge >= 0.3 is 12.1 Å². The predicted octanol–water partition coefficient (Wildman–Crippen LogP) is 4.70. The van der Waals surface area contributed by atoms with Crippen molar-refractivity contribution in [2.45, 2.75) is 33.1 Å². The number of carbonyl (C=O) groups is 1. The number of esters is 1. The summed E-state index contributed by atoms with van der Waals surface area (Å²) in [6.45, 7) is 3.64. The molecule has 0 aliphatic rings. The molecule has 0 radical (unpaired) electrons. The molecule has 0 bridgehead atoms. The van der Waals surface area contributed by atoms with Crippen molar-refractivity contribution in [2.24, 2.45) is 0 Å². The van der Waals surface area contributed by atoms with Crippen LogP contribution in [0.1, 0.15) is 29.6 Å². The van der Waals surface area contributed by atoms with Crippen LogP contribution in [0.2, 0.25) is 0 Å². The molecule has 148 valence electrons. The smallest absolute Gasteiger partial charge is 0.451 e. The first-order valence-corrected chi connectivity index (χ1v) is 9.34. The highest BCUT2D eigenvalue weighted by atomic mass is 32.1. The van der Waals surface area contributed by atoms with Gasteiger partial charge in [0.15, 0.2) is 0 Å². The average Bonchev–Trinajstić information content (AvgIpc) is 3.02. The molecule has 0 saturated heterocycles. The maximum atomic E-state index is 12.6. The van der Waals surface area contributed by atoms with Gasteiger partial charge in [0.25, 0.3) is 0 Å². The standard InChI is InChI=1S/C19H17F3N2O3S/c1-3-26-17(25)6-12-10-28-16-7-14(4-5-15(12)16)27-9-13-8-23-18(19(20,21)22)24-11(13)2/h4-5,7-8,10H,3,6,9H2,1-2H3. The van der Waals surface area contributed by atoms with Gasteiger partial charge in [-0.1, -0.05) is 0 Å².